The van der Waals surface area contributed by atoms with Crippen molar-refractivity contribution < 1.29 is 18.4 Å². The minimum absolute atomic E-state index is 0.00931. The number of rotatable bonds is 2. The fourth-order valence-corrected chi connectivity index (χ4v) is 3.82. The summed E-state index contributed by atoms with van der Waals surface area (Å²) in [5, 5.41) is 2.65. The summed E-state index contributed by atoms with van der Waals surface area (Å²) in [7, 11) is 0. The van der Waals surface area contributed by atoms with Gasteiger partial charge in [0.25, 0.3) is 5.92 Å². The van der Waals surface area contributed by atoms with Gasteiger partial charge in [0.1, 0.15) is 0 Å². The predicted molar refractivity (Wildman–Crippen MR) is 71.9 cm³/mol. The first-order valence-corrected chi connectivity index (χ1v) is 7.57. The lowest BCUT2D eigenvalue weighted by atomic mass is 9.77. The summed E-state index contributed by atoms with van der Waals surface area (Å²) >= 11 is 0. The molecule has 1 N–H and O–H groups in total. The Labute approximate surface area is 122 Å². The van der Waals surface area contributed by atoms with Gasteiger partial charge in [-0.25, -0.2) is 8.78 Å². The van der Waals surface area contributed by atoms with Crippen LogP contribution >= 0.6 is 0 Å². The SMILES string of the molecule is O=C(CN1CC(F)(F)C[C@@]2(CCNC2=O)C1)N1CCCC1. The smallest absolute Gasteiger partial charge is 0.261 e. The van der Waals surface area contributed by atoms with E-state index in [-0.39, 0.29) is 24.9 Å². The lowest BCUT2D eigenvalue weighted by Gasteiger charge is -2.42. The molecule has 0 aromatic heterocycles. The average molecular weight is 301 g/mol. The zero-order chi connectivity index (χ0) is 15.1. The van der Waals surface area contributed by atoms with E-state index < -0.39 is 24.3 Å². The maximum Gasteiger partial charge on any atom is 0.261 e. The lowest BCUT2D eigenvalue weighted by Crippen LogP contribution is -2.57. The van der Waals surface area contributed by atoms with Crippen molar-refractivity contribution in [3.8, 4) is 0 Å². The highest BCUT2D eigenvalue weighted by Crippen LogP contribution is 2.43. The molecule has 3 rings (SSSR count). The standard InChI is InChI=1S/C14H21F2N3O2/c15-14(16)8-13(3-4-17-12(13)21)9-18(10-14)7-11(20)19-5-1-2-6-19/h1-10H2,(H,17,21)/t13-/m0/s1. The molecule has 2 amide bonds. The number of hydrogen-bond donors (Lipinski definition) is 1. The third-order valence-electron chi connectivity index (χ3n) is 4.77. The molecule has 3 saturated heterocycles. The lowest BCUT2D eigenvalue weighted by molar-refractivity contribution is -0.152. The van der Waals surface area contributed by atoms with Crippen LogP contribution in [0.1, 0.15) is 25.7 Å². The number of amides is 2. The van der Waals surface area contributed by atoms with E-state index >= 15 is 0 Å². The first-order valence-electron chi connectivity index (χ1n) is 7.57. The molecule has 1 spiro atoms. The van der Waals surface area contributed by atoms with Crippen LogP contribution in [0.25, 0.3) is 0 Å². The van der Waals surface area contributed by atoms with Crippen molar-refractivity contribution in [3.63, 3.8) is 0 Å². The third kappa shape index (κ3) is 2.88. The molecule has 0 unspecified atom stereocenters. The summed E-state index contributed by atoms with van der Waals surface area (Å²) in [5.74, 6) is -3.30. The van der Waals surface area contributed by atoms with Crippen LogP contribution in [0.15, 0.2) is 0 Å². The van der Waals surface area contributed by atoms with Crippen molar-refractivity contribution in [3.05, 3.63) is 0 Å². The van der Waals surface area contributed by atoms with Crippen molar-refractivity contribution in [2.75, 3.05) is 39.3 Å². The summed E-state index contributed by atoms with van der Waals surface area (Å²) in [6.45, 7) is 1.70. The number of hydrogen-bond acceptors (Lipinski definition) is 3. The second-order valence-electron chi connectivity index (χ2n) is 6.55. The quantitative estimate of drug-likeness (QED) is 0.806. The van der Waals surface area contributed by atoms with Gasteiger partial charge in [-0.05, 0) is 19.3 Å². The van der Waals surface area contributed by atoms with E-state index in [2.05, 4.69) is 5.32 Å². The Hall–Kier alpha value is -1.24. The fraction of sp³-hybridized carbons (Fsp3) is 0.857. The molecule has 0 aromatic rings. The number of likely N-dealkylation sites (tertiary alicyclic amines) is 2. The van der Waals surface area contributed by atoms with Gasteiger partial charge in [0.05, 0.1) is 18.5 Å². The van der Waals surface area contributed by atoms with Crippen molar-refractivity contribution in [2.24, 2.45) is 5.41 Å². The molecular weight excluding hydrogens is 280 g/mol. The van der Waals surface area contributed by atoms with Crippen LogP contribution < -0.4 is 5.32 Å². The van der Waals surface area contributed by atoms with Crippen LogP contribution in [-0.4, -0.2) is 66.8 Å². The van der Waals surface area contributed by atoms with Gasteiger partial charge in [-0.1, -0.05) is 0 Å². The van der Waals surface area contributed by atoms with Crippen LogP contribution in [0.5, 0.6) is 0 Å². The summed E-state index contributed by atoms with van der Waals surface area (Å²) in [5.41, 5.74) is -1.02. The maximum atomic E-state index is 14.0. The van der Waals surface area contributed by atoms with Crippen molar-refractivity contribution in [1.82, 2.24) is 15.1 Å². The molecule has 0 bridgehead atoms. The second-order valence-corrected chi connectivity index (χ2v) is 6.55. The van der Waals surface area contributed by atoms with E-state index in [1.54, 1.807) is 4.90 Å². The monoisotopic (exact) mass is 301 g/mol. The van der Waals surface area contributed by atoms with Crippen molar-refractivity contribution in [1.29, 1.82) is 0 Å². The van der Waals surface area contributed by atoms with Gasteiger partial charge in [0.15, 0.2) is 0 Å². The Morgan fingerprint density at radius 2 is 1.95 bits per heavy atom. The van der Waals surface area contributed by atoms with E-state index in [9.17, 15) is 18.4 Å². The number of carbonyl (C=O) groups is 2. The molecule has 3 aliphatic rings. The van der Waals surface area contributed by atoms with E-state index in [0.717, 1.165) is 12.8 Å². The molecule has 1 atom stereocenters. The number of alkyl halides is 2. The van der Waals surface area contributed by atoms with Gasteiger partial charge in [-0.2, -0.15) is 0 Å². The largest absolute Gasteiger partial charge is 0.356 e. The highest BCUT2D eigenvalue weighted by atomic mass is 19.3. The Balaban J connectivity index is 1.70. The van der Waals surface area contributed by atoms with Gasteiger partial charge in [0.2, 0.25) is 11.8 Å². The van der Waals surface area contributed by atoms with Gasteiger partial charge in [-0.3, -0.25) is 14.5 Å². The molecule has 3 aliphatic heterocycles. The normalized spacial score (nSPS) is 32.7. The second kappa shape index (κ2) is 5.19. The minimum Gasteiger partial charge on any atom is -0.356 e. The first kappa shape index (κ1) is 14.7. The van der Waals surface area contributed by atoms with Gasteiger partial charge >= 0.3 is 0 Å². The Morgan fingerprint density at radius 1 is 1.24 bits per heavy atom. The van der Waals surface area contributed by atoms with Crippen LogP contribution in [0.2, 0.25) is 0 Å². The predicted octanol–water partition coefficient (Wildman–Crippen LogP) is 0.456. The van der Waals surface area contributed by atoms with E-state index in [0.29, 0.717) is 26.1 Å². The summed E-state index contributed by atoms with van der Waals surface area (Å²) < 4.78 is 28.0. The molecule has 118 valence electrons. The van der Waals surface area contributed by atoms with Gasteiger partial charge in [-0.15, -0.1) is 0 Å². The summed E-state index contributed by atoms with van der Waals surface area (Å²) in [6, 6.07) is 0. The van der Waals surface area contributed by atoms with Crippen LogP contribution in [0.3, 0.4) is 0 Å². The Kier molecular flexibility index (Phi) is 3.63. The number of nitrogens with one attached hydrogen (secondary N) is 1. The number of nitrogens with zero attached hydrogens (tertiary/aromatic N) is 2. The third-order valence-corrected chi connectivity index (χ3v) is 4.77. The fourth-order valence-electron chi connectivity index (χ4n) is 3.82. The maximum absolute atomic E-state index is 14.0. The summed E-state index contributed by atoms with van der Waals surface area (Å²) in [4.78, 5) is 27.3. The molecule has 21 heavy (non-hydrogen) atoms. The van der Waals surface area contributed by atoms with E-state index in [1.165, 1.54) is 4.90 Å². The molecule has 7 heteroatoms. The van der Waals surface area contributed by atoms with Crippen LogP contribution in [0, 0.1) is 5.41 Å². The van der Waals surface area contributed by atoms with Gasteiger partial charge < -0.3 is 10.2 Å². The van der Waals surface area contributed by atoms with Gasteiger partial charge in [0, 0.05) is 32.6 Å². The summed E-state index contributed by atoms with van der Waals surface area (Å²) in [6.07, 6.45) is 1.98. The molecule has 0 aromatic carbocycles. The molecule has 3 fully saturated rings. The molecule has 0 radical (unpaired) electrons. The molecule has 0 saturated carbocycles. The number of carbonyl (C=O) groups excluding carboxylic acids is 2. The minimum atomic E-state index is -2.91. The van der Waals surface area contributed by atoms with Crippen LogP contribution in [0.4, 0.5) is 8.78 Å². The highest BCUT2D eigenvalue weighted by molar-refractivity contribution is 5.85. The zero-order valence-corrected chi connectivity index (χ0v) is 12.0. The van der Waals surface area contributed by atoms with Crippen molar-refractivity contribution in [2.45, 2.75) is 31.6 Å². The molecular formula is C14H21F2N3O2. The van der Waals surface area contributed by atoms with Crippen LogP contribution in [-0.2, 0) is 9.59 Å². The highest BCUT2D eigenvalue weighted by Gasteiger charge is 2.54. The molecule has 5 nitrogen and oxygen atoms in total. The first-order chi connectivity index (χ1) is 9.90. The number of piperidine rings is 1. The number of halogens is 2. The van der Waals surface area contributed by atoms with E-state index in [1.807, 2.05) is 0 Å². The molecule has 0 aliphatic carbocycles. The van der Waals surface area contributed by atoms with E-state index in [4.69, 9.17) is 0 Å². The molecule has 3 heterocycles. The average Bonchev–Trinajstić information content (AvgIpc) is 2.99. The topological polar surface area (TPSA) is 52.7 Å². The Morgan fingerprint density at radius 3 is 2.57 bits per heavy atom. The zero-order valence-electron chi connectivity index (χ0n) is 12.0. The Bertz CT molecular complexity index is 452. The van der Waals surface area contributed by atoms with Crippen molar-refractivity contribution >= 4 is 11.8 Å².